The lowest BCUT2D eigenvalue weighted by Gasteiger charge is -2.29. The van der Waals surface area contributed by atoms with E-state index in [0.717, 1.165) is 5.56 Å². The van der Waals surface area contributed by atoms with Crippen LogP contribution in [0.1, 0.15) is 41.6 Å². The molecule has 1 aliphatic heterocycles. The molecule has 3 aromatic carbocycles. The van der Waals surface area contributed by atoms with Crippen molar-refractivity contribution in [2.75, 3.05) is 23.1 Å². The van der Waals surface area contributed by atoms with Crippen LogP contribution in [0.15, 0.2) is 78.9 Å². The first-order valence-corrected chi connectivity index (χ1v) is 12.8. The normalized spacial score (nSPS) is 16.8. The Morgan fingerprint density at radius 3 is 2.44 bits per heavy atom. The van der Waals surface area contributed by atoms with Crippen LogP contribution in [0, 0.1) is 0 Å². The lowest BCUT2D eigenvalue weighted by atomic mass is 9.96. The fraction of sp³-hybridized carbons (Fsp3) is 0.250. The summed E-state index contributed by atoms with van der Waals surface area (Å²) < 4.78 is 5.15. The maximum Gasteiger partial charge on any atom is 0.252 e. The molecule has 186 valence electrons. The van der Waals surface area contributed by atoms with E-state index >= 15 is 0 Å². The van der Waals surface area contributed by atoms with Gasteiger partial charge in [0.1, 0.15) is 16.7 Å². The minimum absolute atomic E-state index is 0.0105. The molecule has 1 heterocycles. The van der Waals surface area contributed by atoms with Gasteiger partial charge in [-0.15, -0.1) is 11.8 Å². The Balaban J connectivity index is 1.51. The first-order chi connectivity index (χ1) is 17.3. The number of ether oxygens (including phenoxy) is 1. The second-order valence-corrected chi connectivity index (χ2v) is 9.78. The number of nitrogens with one attached hydrogen (secondary N) is 2. The number of anilines is 2. The highest BCUT2D eigenvalue weighted by Crippen LogP contribution is 2.41. The van der Waals surface area contributed by atoms with Crippen molar-refractivity contribution in [2.45, 2.75) is 31.2 Å². The Bertz CT molecular complexity index is 1250. The van der Waals surface area contributed by atoms with Crippen LogP contribution < -0.4 is 20.3 Å². The Hall–Kier alpha value is -3.78. The molecule has 1 fully saturated rings. The zero-order chi connectivity index (χ0) is 25.7. The summed E-state index contributed by atoms with van der Waals surface area (Å²) in [6, 6.07) is 23.8. The van der Waals surface area contributed by atoms with Gasteiger partial charge in [0, 0.05) is 16.9 Å². The molecule has 0 aromatic heterocycles. The van der Waals surface area contributed by atoms with Gasteiger partial charge < -0.3 is 15.4 Å². The van der Waals surface area contributed by atoms with Gasteiger partial charge in [0.15, 0.2) is 0 Å². The van der Waals surface area contributed by atoms with Crippen molar-refractivity contribution in [3.8, 4) is 5.75 Å². The molecule has 8 heteroatoms. The molecule has 0 bridgehead atoms. The van der Waals surface area contributed by atoms with Crippen molar-refractivity contribution >= 4 is 40.9 Å². The number of nitrogens with zero attached hydrogens (tertiary/aromatic N) is 1. The van der Waals surface area contributed by atoms with Crippen molar-refractivity contribution < 1.29 is 19.1 Å². The molecule has 7 nitrogen and oxygen atoms in total. The summed E-state index contributed by atoms with van der Waals surface area (Å²) in [5, 5.41) is 5.59. The minimum atomic E-state index is -1.14. The van der Waals surface area contributed by atoms with Crippen LogP contribution >= 0.6 is 11.8 Å². The van der Waals surface area contributed by atoms with E-state index < -0.39 is 5.54 Å². The first kappa shape index (κ1) is 25.3. The van der Waals surface area contributed by atoms with Crippen molar-refractivity contribution in [1.82, 2.24) is 5.32 Å². The molecule has 2 atom stereocenters. The SMILES string of the molecule is CC[C@](C)(NC(=O)c1cccc(N2C(=O)CS[C@H]2c2ccccc2)c1)C(=O)Nc1ccc(OC)cc1. The fourth-order valence-electron chi connectivity index (χ4n) is 3.94. The molecule has 1 saturated heterocycles. The standard InChI is InChI=1S/C28H29N3O4S/c1-4-28(2,27(34)29-21-13-15-23(35-3)16-14-21)30-25(33)20-11-8-12-22(17-20)31-24(32)18-36-26(31)19-9-6-5-7-10-19/h5-17,26H,4,18H2,1-3H3,(H,29,34)(H,30,33)/t26-,28-/m0/s1. The van der Waals surface area contributed by atoms with Crippen LogP contribution in [0.2, 0.25) is 0 Å². The summed E-state index contributed by atoms with van der Waals surface area (Å²) in [6.07, 6.45) is 0.387. The number of amides is 3. The highest BCUT2D eigenvalue weighted by atomic mass is 32.2. The molecule has 3 aromatic rings. The number of methoxy groups -OCH3 is 1. The van der Waals surface area contributed by atoms with Gasteiger partial charge in [-0.3, -0.25) is 19.3 Å². The molecular formula is C28H29N3O4S. The van der Waals surface area contributed by atoms with Crippen LogP contribution in [0.5, 0.6) is 5.75 Å². The molecule has 1 aliphatic rings. The fourth-order valence-corrected chi connectivity index (χ4v) is 5.11. The Labute approximate surface area is 215 Å². The van der Waals surface area contributed by atoms with Gasteiger partial charge >= 0.3 is 0 Å². The Kier molecular flexibility index (Phi) is 7.64. The predicted octanol–water partition coefficient (Wildman–Crippen LogP) is 5.01. The molecular weight excluding hydrogens is 474 g/mol. The summed E-state index contributed by atoms with van der Waals surface area (Å²) >= 11 is 1.56. The van der Waals surface area contributed by atoms with E-state index in [-0.39, 0.29) is 23.1 Å². The third-order valence-electron chi connectivity index (χ3n) is 6.28. The summed E-state index contributed by atoms with van der Waals surface area (Å²) in [5.74, 6) is 0.333. The van der Waals surface area contributed by atoms with E-state index in [2.05, 4.69) is 10.6 Å². The lowest BCUT2D eigenvalue weighted by molar-refractivity contribution is -0.121. The third-order valence-corrected chi connectivity index (χ3v) is 7.50. The number of hydrogen-bond acceptors (Lipinski definition) is 5. The van der Waals surface area contributed by atoms with Crippen LogP contribution in [0.3, 0.4) is 0 Å². The van der Waals surface area contributed by atoms with E-state index in [0.29, 0.717) is 34.9 Å². The van der Waals surface area contributed by atoms with E-state index in [9.17, 15) is 14.4 Å². The number of benzene rings is 3. The maximum atomic E-state index is 13.2. The molecule has 0 unspecified atom stereocenters. The number of carbonyl (C=O) groups is 3. The highest BCUT2D eigenvalue weighted by Gasteiger charge is 2.36. The molecule has 3 amide bonds. The molecule has 0 saturated carbocycles. The van der Waals surface area contributed by atoms with Gasteiger partial charge in [-0.05, 0) is 61.4 Å². The smallest absolute Gasteiger partial charge is 0.252 e. The van der Waals surface area contributed by atoms with Crippen LogP contribution in [-0.4, -0.2) is 36.1 Å². The second-order valence-electron chi connectivity index (χ2n) is 8.71. The lowest BCUT2D eigenvalue weighted by Crippen LogP contribution is -2.54. The van der Waals surface area contributed by atoms with Gasteiger partial charge in [-0.1, -0.05) is 43.3 Å². The van der Waals surface area contributed by atoms with Crippen molar-refractivity contribution in [1.29, 1.82) is 0 Å². The van der Waals surface area contributed by atoms with E-state index in [1.165, 1.54) is 0 Å². The monoisotopic (exact) mass is 503 g/mol. The second kappa shape index (κ2) is 10.9. The topological polar surface area (TPSA) is 87.7 Å². The van der Waals surface area contributed by atoms with Gasteiger partial charge in [-0.2, -0.15) is 0 Å². The van der Waals surface area contributed by atoms with Gasteiger partial charge in [0.05, 0.1) is 12.9 Å². The largest absolute Gasteiger partial charge is 0.497 e. The van der Waals surface area contributed by atoms with Gasteiger partial charge in [0.25, 0.3) is 5.91 Å². The zero-order valence-electron chi connectivity index (χ0n) is 20.5. The number of rotatable bonds is 8. The number of hydrogen-bond donors (Lipinski definition) is 2. The average Bonchev–Trinajstić information content (AvgIpc) is 3.30. The van der Waals surface area contributed by atoms with Crippen LogP contribution in [0.4, 0.5) is 11.4 Å². The molecule has 0 spiro atoms. The molecule has 0 aliphatic carbocycles. The van der Waals surface area contributed by atoms with E-state index in [4.69, 9.17) is 4.74 Å². The van der Waals surface area contributed by atoms with Crippen molar-refractivity contribution in [2.24, 2.45) is 0 Å². The molecule has 0 radical (unpaired) electrons. The van der Waals surface area contributed by atoms with Gasteiger partial charge in [0.2, 0.25) is 11.8 Å². The Morgan fingerprint density at radius 1 is 1.06 bits per heavy atom. The Morgan fingerprint density at radius 2 is 1.78 bits per heavy atom. The maximum absolute atomic E-state index is 13.2. The number of thioether (sulfide) groups is 1. The first-order valence-electron chi connectivity index (χ1n) is 11.7. The van der Waals surface area contributed by atoms with E-state index in [1.54, 1.807) is 73.2 Å². The average molecular weight is 504 g/mol. The van der Waals surface area contributed by atoms with E-state index in [1.807, 2.05) is 43.3 Å². The quantitative estimate of drug-likeness (QED) is 0.451. The summed E-state index contributed by atoms with van der Waals surface area (Å²) in [6.45, 7) is 3.54. The summed E-state index contributed by atoms with van der Waals surface area (Å²) in [4.78, 5) is 40.8. The summed E-state index contributed by atoms with van der Waals surface area (Å²) in [7, 11) is 1.58. The van der Waals surface area contributed by atoms with Crippen molar-refractivity contribution in [3.05, 3.63) is 90.0 Å². The number of carbonyl (C=O) groups excluding carboxylic acids is 3. The van der Waals surface area contributed by atoms with Crippen LogP contribution in [0.25, 0.3) is 0 Å². The molecule has 2 N–H and O–H groups in total. The predicted molar refractivity (Wildman–Crippen MR) is 143 cm³/mol. The molecule has 4 rings (SSSR count). The summed E-state index contributed by atoms with van der Waals surface area (Å²) in [5.41, 5.74) is 1.51. The highest BCUT2D eigenvalue weighted by molar-refractivity contribution is 8.00. The van der Waals surface area contributed by atoms with Crippen LogP contribution in [-0.2, 0) is 9.59 Å². The minimum Gasteiger partial charge on any atom is -0.497 e. The zero-order valence-corrected chi connectivity index (χ0v) is 21.3. The molecule has 36 heavy (non-hydrogen) atoms. The van der Waals surface area contributed by atoms with Gasteiger partial charge in [-0.25, -0.2) is 0 Å². The van der Waals surface area contributed by atoms with Crippen molar-refractivity contribution in [3.63, 3.8) is 0 Å². The third kappa shape index (κ3) is 5.39.